The van der Waals surface area contributed by atoms with Gasteiger partial charge in [-0.05, 0) is 20.9 Å². The van der Waals surface area contributed by atoms with Gasteiger partial charge in [-0.25, -0.2) is 0 Å². The van der Waals surface area contributed by atoms with Crippen LogP contribution in [0.1, 0.15) is 33.6 Å². The number of nitrogens with zero attached hydrogens (tertiary/aromatic N) is 1. The van der Waals surface area contributed by atoms with E-state index in [0.717, 1.165) is 19.4 Å². The van der Waals surface area contributed by atoms with E-state index >= 15 is 0 Å². The molecule has 0 radical (unpaired) electrons. The Hall–Kier alpha value is -0.610. The summed E-state index contributed by atoms with van der Waals surface area (Å²) in [5, 5.41) is 3.22. The topological polar surface area (TPSA) is 41.6 Å². The summed E-state index contributed by atoms with van der Waals surface area (Å²) < 4.78 is 5.54. The smallest absolute Gasteiger partial charge is 0.219 e. The molecule has 0 aromatic carbocycles. The first-order chi connectivity index (χ1) is 6.87. The normalized spacial score (nSPS) is 30.3. The van der Waals surface area contributed by atoms with Gasteiger partial charge >= 0.3 is 0 Å². The third-order valence-corrected chi connectivity index (χ3v) is 3.41. The summed E-state index contributed by atoms with van der Waals surface area (Å²) in [7, 11) is 3.62. The average molecular weight is 214 g/mol. The van der Waals surface area contributed by atoms with Gasteiger partial charge in [0.25, 0.3) is 0 Å². The lowest BCUT2D eigenvalue weighted by atomic mass is 9.84. The minimum absolute atomic E-state index is 0.140. The van der Waals surface area contributed by atoms with Crippen LogP contribution in [0.2, 0.25) is 0 Å². The Morgan fingerprint density at radius 3 is 2.40 bits per heavy atom. The van der Waals surface area contributed by atoms with Crippen LogP contribution in [0.15, 0.2) is 0 Å². The van der Waals surface area contributed by atoms with E-state index in [-0.39, 0.29) is 17.2 Å². The van der Waals surface area contributed by atoms with Gasteiger partial charge < -0.3 is 9.64 Å². The molecule has 88 valence electrons. The molecule has 4 heteroatoms. The maximum Gasteiger partial charge on any atom is 0.219 e. The molecule has 0 aromatic heterocycles. The van der Waals surface area contributed by atoms with E-state index < -0.39 is 0 Å². The molecule has 1 heterocycles. The zero-order chi connectivity index (χ0) is 11.7. The first-order valence-corrected chi connectivity index (χ1v) is 5.39. The predicted octanol–water partition coefficient (Wildman–Crippen LogP) is 0.969. The zero-order valence-corrected chi connectivity index (χ0v) is 10.4. The molecule has 1 saturated heterocycles. The molecule has 1 unspecified atom stereocenters. The van der Waals surface area contributed by atoms with E-state index in [1.807, 2.05) is 11.9 Å². The fourth-order valence-electron chi connectivity index (χ4n) is 2.55. The van der Waals surface area contributed by atoms with Crippen LogP contribution in [0.25, 0.3) is 0 Å². The molecule has 0 bridgehead atoms. The van der Waals surface area contributed by atoms with Crippen molar-refractivity contribution in [3.8, 4) is 0 Å². The minimum atomic E-state index is -0.282. The molecule has 0 saturated carbocycles. The standard InChI is InChI=1S/C11H22N2O2/c1-9(14)13-7-6-11(12-4,15-5)8-10(13,2)3/h12H,6-8H2,1-5H3. The number of piperidine rings is 1. The van der Waals surface area contributed by atoms with Crippen LogP contribution < -0.4 is 5.32 Å². The van der Waals surface area contributed by atoms with Crippen molar-refractivity contribution in [1.29, 1.82) is 0 Å². The largest absolute Gasteiger partial charge is 0.364 e. The number of methoxy groups -OCH3 is 1. The summed E-state index contributed by atoms with van der Waals surface area (Å²) >= 11 is 0. The molecule has 15 heavy (non-hydrogen) atoms. The predicted molar refractivity (Wildman–Crippen MR) is 59.5 cm³/mol. The second-order valence-corrected chi connectivity index (χ2v) is 4.86. The van der Waals surface area contributed by atoms with Crippen LogP contribution in [0.4, 0.5) is 0 Å². The van der Waals surface area contributed by atoms with Crippen molar-refractivity contribution in [3.63, 3.8) is 0 Å². The van der Waals surface area contributed by atoms with Crippen molar-refractivity contribution < 1.29 is 9.53 Å². The van der Waals surface area contributed by atoms with Gasteiger partial charge in [0.1, 0.15) is 5.72 Å². The van der Waals surface area contributed by atoms with Gasteiger partial charge in [-0.15, -0.1) is 0 Å². The van der Waals surface area contributed by atoms with Crippen molar-refractivity contribution in [1.82, 2.24) is 10.2 Å². The number of carbonyl (C=O) groups excluding carboxylic acids is 1. The number of hydrogen-bond donors (Lipinski definition) is 1. The van der Waals surface area contributed by atoms with Crippen molar-refractivity contribution in [2.75, 3.05) is 20.7 Å². The molecule has 0 spiro atoms. The van der Waals surface area contributed by atoms with Crippen LogP contribution >= 0.6 is 0 Å². The number of amides is 1. The number of likely N-dealkylation sites (tertiary alicyclic amines) is 1. The summed E-state index contributed by atoms with van der Waals surface area (Å²) in [4.78, 5) is 13.4. The first kappa shape index (κ1) is 12.5. The van der Waals surface area contributed by atoms with E-state index in [4.69, 9.17) is 4.74 Å². The zero-order valence-electron chi connectivity index (χ0n) is 10.4. The van der Waals surface area contributed by atoms with Gasteiger partial charge in [0.15, 0.2) is 0 Å². The van der Waals surface area contributed by atoms with Crippen molar-refractivity contribution in [3.05, 3.63) is 0 Å². The Bertz CT molecular complexity index is 247. The second kappa shape index (κ2) is 4.10. The third-order valence-electron chi connectivity index (χ3n) is 3.41. The Kier molecular flexibility index (Phi) is 3.41. The number of hydrogen-bond acceptors (Lipinski definition) is 3. The molecule has 1 N–H and O–H groups in total. The molecular formula is C11H22N2O2. The highest BCUT2D eigenvalue weighted by Crippen LogP contribution is 2.34. The van der Waals surface area contributed by atoms with E-state index in [0.29, 0.717) is 0 Å². The number of ether oxygens (including phenoxy) is 1. The Balaban J connectivity index is 2.84. The molecule has 1 fully saturated rings. The average Bonchev–Trinajstić information content (AvgIpc) is 2.15. The molecule has 4 nitrogen and oxygen atoms in total. The summed E-state index contributed by atoms with van der Waals surface area (Å²) in [6.07, 6.45) is 1.65. The van der Waals surface area contributed by atoms with Crippen molar-refractivity contribution in [2.24, 2.45) is 0 Å². The van der Waals surface area contributed by atoms with Gasteiger partial charge in [0.2, 0.25) is 5.91 Å². The summed E-state index contributed by atoms with van der Waals surface area (Å²) in [5.74, 6) is 0.140. The number of carbonyl (C=O) groups is 1. The van der Waals surface area contributed by atoms with Crippen LogP contribution in [-0.2, 0) is 9.53 Å². The molecule has 1 amide bonds. The van der Waals surface area contributed by atoms with Crippen LogP contribution in [0.5, 0.6) is 0 Å². The lowest BCUT2D eigenvalue weighted by Gasteiger charge is -2.50. The van der Waals surface area contributed by atoms with Crippen molar-refractivity contribution >= 4 is 5.91 Å². The molecule has 1 aliphatic rings. The molecular weight excluding hydrogens is 192 g/mol. The van der Waals surface area contributed by atoms with E-state index in [1.54, 1.807) is 14.0 Å². The van der Waals surface area contributed by atoms with Crippen LogP contribution in [-0.4, -0.2) is 42.8 Å². The van der Waals surface area contributed by atoms with Gasteiger partial charge in [-0.3, -0.25) is 10.1 Å². The Morgan fingerprint density at radius 2 is 2.07 bits per heavy atom. The lowest BCUT2D eigenvalue weighted by Crippen LogP contribution is -2.62. The monoisotopic (exact) mass is 214 g/mol. The Labute approximate surface area is 92.0 Å². The van der Waals surface area contributed by atoms with E-state index in [2.05, 4.69) is 19.2 Å². The van der Waals surface area contributed by atoms with Gasteiger partial charge in [0, 0.05) is 39.0 Å². The second-order valence-electron chi connectivity index (χ2n) is 4.86. The van der Waals surface area contributed by atoms with E-state index in [1.165, 1.54) is 0 Å². The summed E-state index contributed by atoms with van der Waals surface area (Å²) in [5.41, 5.74) is -0.432. The number of rotatable bonds is 2. The number of nitrogens with one attached hydrogen (secondary N) is 1. The van der Waals surface area contributed by atoms with E-state index in [9.17, 15) is 4.79 Å². The fraction of sp³-hybridized carbons (Fsp3) is 0.909. The highest BCUT2D eigenvalue weighted by atomic mass is 16.5. The summed E-state index contributed by atoms with van der Waals surface area (Å²) in [6, 6.07) is 0. The molecule has 1 atom stereocenters. The lowest BCUT2D eigenvalue weighted by molar-refractivity contribution is -0.151. The highest BCUT2D eigenvalue weighted by molar-refractivity contribution is 5.74. The highest BCUT2D eigenvalue weighted by Gasteiger charge is 2.44. The van der Waals surface area contributed by atoms with Crippen LogP contribution in [0.3, 0.4) is 0 Å². The third kappa shape index (κ3) is 2.32. The minimum Gasteiger partial charge on any atom is -0.364 e. The van der Waals surface area contributed by atoms with Crippen LogP contribution in [0, 0.1) is 0 Å². The molecule has 1 rings (SSSR count). The maximum atomic E-state index is 11.5. The molecule has 1 aliphatic heterocycles. The van der Waals surface area contributed by atoms with Gasteiger partial charge in [-0.2, -0.15) is 0 Å². The molecule has 0 aromatic rings. The van der Waals surface area contributed by atoms with Crippen molar-refractivity contribution in [2.45, 2.75) is 44.9 Å². The molecule has 0 aliphatic carbocycles. The fourth-order valence-corrected chi connectivity index (χ4v) is 2.55. The Morgan fingerprint density at radius 1 is 1.47 bits per heavy atom. The maximum absolute atomic E-state index is 11.5. The van der Waals surface area contributed by atoms with Gasteiger partial charge in [-0.1, -0.05) is 0 Å². The SMILES string of the molecule is CNC1(OC)CCN(C(C)=O)C(C)(C)C1. The van der Waals surface area contributed by atoms with Gasteiger partial charge in [0.05, 0.1) is 0 Å². The quantitative estimate of drug-likeness (QED) is 0.696. The summed E-state index contributed by atoms with van der Waals surface area (Å²) in [6.45, 7) is 6.54. The first-order valence-electron chi connectivity index (χ1n) is 5.39.